The molecule has 0 heterocycles. The van der Waals surface area contributed by atoms with Crippen LogP contribution in [0.15, 0.2) is 18.2 Å². The topological polar surface area (TPSA) is 55.1 Å². The molecular formula is C16H24N2O. The fraction of sp³-hybridized carbons (Fsp3) is 0.562. The number of carbonyl (C=O) groups excluding carboxylic acids is 1. The molecule has 104 valence electrons. The summed E-state index contributed by atoms with van der Waals surface area (Å²) < 4.78 is 0. The number of anilines is 1. The van der Waals surface area contributed by atoms with Gasteiger partial charge in [-0.3, -0.25) is 4.79 Å². The minimum Gasteiger partial charge on any atom is -0.398 e. The van der Waals surface area contributed by atoms with Gasteiger partial charge in [-0.25, -0.2) is 0 Å². The zero-order valence-electron chi connectivity index (χ0n) is 11.9. The maximum Gasteiger partial charge on any atom is 0.251 e. The first kappa shape index (κ1) is 13.9. The van der Waals surface area contributed by atoms with Crippen molar-refractivity contribution < 1.29 is 4.79 Å². The molecule has 1 saturated carbocycles. The van der Waals surface area contributed by atoms with E-state index in [1.807, 2.05) is 19.1 Å². The van der Waals surface area contributed by atoms with Crippen molar-refractivity contribution >= 4 is 11.6 Å². The number of nitrogen functional groups attached to an aromatic ring is 1. The molecule has 0 atom stereocenters. The Morgan fingerprint density at radius 1 is 1.32 bits per heavy atom. The molecule has 1 amide bonds. The van der Waals surface area contributed by atoms with Gasteiger partial charge in [-0.2, -0.15) is 0 Å². The number of benzene rings is 1. The maximum absolute atomic E-state index is 12.0. The van der Waals surface area contributed by atoms with Gasteiger partial charge in [0.25, 0.3) is 5.91 Å². The molecule has 0 radical (unpaired) electrons. The highest BCUT2D eigenvalue weighted by atomic mass is 16.1. The number of hydrogen-bond donors (Lipinski definition) is 2. The van der Waals surface area contributed by atoms with Crippen molar-refractivity contribution in [3.63, 3.8) is 0 Å². The van der Waals surface area contributed by atoms with Crippen LogP contribution in [0.2, 0.25) is 0 Å². The molecule has 1 aliphatic rings. The van der Waals surface area contributed by atoms with Gasteiger partial charge < -0.3 is 11.1 Å². The van der Waals surface area contributed by atoms with Gasteiger partial charge in [0.2, 0.25) is 0 Å². The lowest BCUT2D eigenvalue weighted by Crippen LogP contribution is -2.31. The van der Waals surface area contributed by atoms with E-state index in [-0.39, 0.29) is 5.91 Å². The number of aryl methyl sites for hydroxylation is 1. The summed E-state index contributed by atoms with van der Waals surface area (Å²) >= 11 is 0. The second kappa shape index (κ2) is 6.09. The first-order valence-corrected chi connectivity index (χ1v) is 7.20. The second-order valence-electron chi connectivity index (χ2n) is 5.91. The third-order valence-electron chi connectivity index (χ3n) is 4.23. The van der Waals surface area contributed by atoms with Crippen LogP contribution >= 0.6 is 0 Å². The zero-order valence-corrected chi connectivity index (χ0v) is 11.9. The molecule has 0 bridgehead atoms. The summed E-state index contributed by atoms with van der Waals surface area (Å²) in [5, 5.41) is 3.04. The molecule has 0 unspecified atom stereocenters. The Morgan fingerprint density at radius 2 is 2.00 bits per heavy atom. The minimum absolute atomic E-state index is 0.00896. The summed E-state index contributed by atoms with van der Waals surface area (Å²) in [6.45, 7) is 5.05. The molecule has 0 spiro atoms. The van der Waals surface area contributed by atoms with E-state index in [4.69, 9.17) is 5.73 Å². The van der Waals surface area contributed by atoms with Crippen LogP contribution in [0.5, 0.6) is 0 Å². The first-order valence-electron chi connectivity index (χ1n) is 7.20. The maximum atomic E-state index is 12.0. The van der Waals surface area contributed by atoms with E-state index in [0.29, 0.717) is 17.2 Å². The van der Waals surface area contributed by atoms with E-state index in [1.54, 1.807) is 6.07 Å². The van der Waals surface area contributed by atoms with Crippen LogP contribution in [0.3, 0.4) is 0 Å². The van der Waals surface area contributed by atoms with Crippen molar-refractivity contribution in [1.82, 2.24) is 5.32 Å². The van der Waals surface area contributed by atoms with E-state index < -0.39 is 0 Å². The molecule has 1 aromatic rings. The van der Waals surface area contributed by atoms with E-state index in [2.05, 4.69) is 12.2 Å². The van der Waals surface area contributed by atoms with Gasteiger partial charge in [0.1, 0.15) is 0 Å². The van der Waals surface area contributed by atoms with Gasteiger partial charge in [0.05, 0.1) is 0 Å². The van der Waals surface area contributed by atoms with E-state index in [1.165, 1.54) is 25.7 Å². The van der Waals surface area contributed by atoms with Crippen LogP contribution in [0.1, 0.15) is 48.5 Å². The molecule has 1 aromatic carbocycles. The van der Waals surface area contributed by atoms with E-state index in [0.717, 1.165) is 18.0 Å². The van der Waals surface area contributed by atoms with Gasteiger partial charge in [-0.05, 0) is 49.3 Å². The molecule has 3 N–H and O–H groups in total. The molecule has 0 aliphatic heterocycles. The lowest BCUT2D eigenvalue weighted by Gasteiger charge is -2.26. The summed E-state index contributed by atoms with van der Waals surface area (Å²) in [5.41, 5.74) is 8.18. The molecule has 19 heavy (non-hydrogen) atoms. The monoisotopic (exact) mass is 260 g/mol. The number of rotatable bonds is 3. The van der Waals surface area contributed by atoms with Crippen molar-refractivity contribution in [2.45, 2.75) is 39.5 Å². The van der Waals surface area contributed by atoms with Gasteiger partial charge in [-0.1, -0.05) is 25.8 Å². The molecular weight excluding hydrogens is 236 g/mol. The number of nitrogens with one attached hydrogen (secondary N) is 1. The van der Waals surface area contributed by atoms with Crippen LogP contribution in [0, 0.1) is 18.8 Å². The third-order valence-corrected chi connectivity index (χ3v) is 4.23. The van der Waals surface area contributed by atoms with Crippen LogP contribution in [-0.4, -0.2) is 12.5 Å². The highest BCUT2D eigenvalue weighted by Crippen LogP contribution is 2.27. The van der Waals surface area contributed by atoms with Crippen molar-refractivity contribution in [3.05, 3.63) is 29.3 Å². The Labute approximate surface area is 115 Å². The van der Waals surface area contributed by atoms with Crippen molar-refractivity contribution in [1.29, 1.82) is 0 Å². The Balaban J connectivity index is 1.85. The van der Waals surface area contributed by atoms with Gasteiger partial charge in [-0.15, -0.1) is 0 Å². The smallest absolute Gasteiger partial charge is 0.251 e. The average Bonchev–Trinajstić information content (AvgIpc) is 2.41. The average molecular weight is 260 g/mol. The SMILES string of the molecule is Cc1ccc(C(=O)NCC2CCC(C)CC2)cc1N. The summed E-state index contributed by atoms with van der Waals surface area (Å²) in [6, 6.07) is 5.49. The summed E-state index contributed by atoms with van der Waals surface area (Å²) in [5.74, 6) is 1.48. The number of carbonyl (C=O) groups is 1. The van der Waals surface area contributed by atoms with Gasteiger partial charge >= 0.3 is 0 Å². The summed E-state index contributed by atoms with van der Waals surface area (Å²) in [7, 11) is 0. The van der Waals surface area contributed by atoms with Crippen molar-refractivity contribution in [2.75, 3.05) is 12.3 Å². The van der Waals surface area contributed by atoms with E-state index in [9.17, 15) is 4.79 Å². The molecule has 3 heteroatoms. The number of hydrogen-bond acceptors (Lipinski definition) is 2. The van der Waals surface area contributed by atoms with Gasteiger partial charge in [0, 0.05) is 17.8 Å². The fourth-order valence-corrected chi connectivity index (χ4v) is 2.65. The Kier molecular flexibility index (Phi) is 4.46. The third kappa shape index (κ3) is 3.72. The molecule has 1 fully saturated rings. The number of amides is 1. The molecule has 0 saturated heterocycles. The predicted octanol–water partition coefficient (Wildman–Crippen LogP) is 3.13. The molecule has 3 nitrogen and oxygen atoms in total. The van der Waals surface area contributed by atoms with Gasteiger partial charge in [0.15, 0.2) is 0 Å². The van der Waals surface area contributed by atoms with Crippen molar-refractivity contribution in [2.24, 2.45) is 11.8 Å². The predicted molar refractivity (Wildman–Crippen MR) is 79.0 cm³/mol. The Bertz CT molecular complexity index is 448. The van der Waals surface area contributed by atoms with Crippen LogP contribution in [-0.2, 0) is 0 Å². The molecule has 0 aromatic heterocycles. The largest absolute Gasteiger partial charge is 0.398 e. The van der Waals surface area contributed by atoms with Crippen LogP contribution in [0.25, 0.3) is 0 Å². The highest BCUT2D eigenvalue weighted by molar-refractivity contribution is 5.95. The lowest BCUT2D eigenvalue weighted by molar-refractivity contribution is 0.0942. The second-order valence-corrected chi connectivity index (χ2v) is 5.91. The fourth-order valence-electron chi connectivity index (χ4n) is 2.65. The molecule has 1 aliphatic carbocycles. The first-order chi connectivity index (χ1) is 9.06. The minimum atomic E-state index is -0.00896. The molecule has 2 rings (SSSR count). The van der Waals surface area contributed by atoms with Crippen molar-refractivity contribution in [3.8, 4) is 0 Å². The Morgan fingerprint density at radius 3 is 2.63 bits per heavy atom. The van der Waals surface area contributed by atoms with E-state index >= 15 is 0 Å². The van der Waals surface area contributed by atoms with Crippen LogP contribution < -0.4 is 11.1 Å². The summed E-state index contributed by atoms with van der Waals surface area (Å²) in [6.07, 6.45) is 5.05. The highest BCUT2D eigenvalue weighted by Gasteiger charge is 2.18. The number of nitrogens with two attached hydrogens (primary N) is 1. The standard InChI is InChI=1S/C16H24N2O/c1-11-3-6-13(7-4-11)10-18-16(19)14-8-5-12(2)15(17)9-14/h5,8-9,11,13H,3-4,6-7,10,17H2,1-2H3,(H,18,19). The Hall–Kier alpha value is -1.51. The lowest BCUT2D eigenvalue weighted by atomic mass is 9.83. The zero-order chi connectivity index (χ0) is 13.8. The summed E-state index contributed by atoms with van der Waals surface area (Å²) in [4.78, 5) is 12.0. The van der Waals surface area contributed by atoms with Crippen LogP contribution in [0.4, 0.5) is 5.69 Å². The quantitative estimate of drug-likeness (QED) is 0.820. The normalized spacial score (nSPS) is 23.1.